The SMILES string of the molecule is CCCc1cccc2[cH-]c(C)cc12.CCCc1cccc2[cH-]c(C)cc12.C[CH]=[Ti]([Cl])[Cl]. The normalized spacial score (nSPS) is 10.3. The van der Waals surface area contributed by atoms with Crippen LogP contribution in [0.2, 0.25) is 0 Å². The van der Waals surface area contributed by atoms with Crippen molar-refractivity contribution in [2.24, 2.45) is 0 Å². The molecular weight excluding hydrogens is 455 g/mol. The predicted octanol–water partition coefficient (Wildman–Crippen LogP) is 9.37. The molecule has 0 aliphatic heterocycles. The van der Waals surface area contributed by atoms with Gasteiger partial charge in [0.15, 0.2) is 0 Å². The van der Waals surface area contributed by atoms with E-state index in [0.717, 1.165) is 0 Å². The number of halogens is 2. The van der Waals surface area contributed by atoms with Crippen LogP contribution >= 0.6 is 18.6 Å². The first-order chi connectivity index (χ1) is 14.9. The summed E-state index contributed by atoms with van der Waals surface area (Å²) in [6, 6.07) is 22.3. The number of fused-ring (bicyclic) bond motifs is 2. The van der Waals surface area contributed by atoms with Crippen LogP contribution in [-0.2, 0) is 28.1 Å². The van der Waals surface area contributed by atoms with Crippen molar-refractivity contribution < 1.29 is 15.3 Å². The second kappa shape index (κ2) is 13.4. The monoisotopic (exact) mass is 488 g/mol. The van der Waals surface area contributed by atoms with Crippen molar-refractivity contribution in [2.45, 2.75) is 60.3 Å². The van der Waals surface area contributed by atoms with Crippen molar-refractivity contribution in [1.29, 1.82) is 0 Å². The Balaban J connectivity index is 0.000000182. The van der Waals surface area contributed by atoms with Gasteiger partial charge in [0, 0.05) is 0 Å². The summed E-state index contributed by atoms with van der Waals surface area (Å²) in [4.78, 5) is 0. The molecule has 0 N–H and O–H groups in total. The second-order valence-corrected chi connectivity index (χ2v) is 13.9. The van der Waals surface area contributed by atoms with E-state index >= 15 is 0 Å². The first kappa shape index (κ1) is 26.1. The van der Waals surface area contributed by atoms with Gasteiger partial charge in [0.2, 0.25) is 0 Å². The predicted molar refractivity (Wildman–Crippen MR) is 140 cm³/mol. The minimum absolute atomic E-state index is 1.20. The third-order valence-electron chi connectivity index (χ3n) is 5.23. The number of hydrogen-bond donors (Lipinski definition) is 0. The van der Waals surface area contributed by atoms with E-state index in [2.05, 4.69) is 88.4 Å². The van der Waals surface area contributed by atoms with Crippen LogP contribution in [0, 0.1) is 13.8 Å². The average Bonchev–Trinajstić information content (AvgIpc) is 3.31. The van der Waals surface area contributed by atoms with Crippen molar-refractivity contribution >= 4 is 44.5 Å². The molecule has 3 heteroatoms. The van der Waals surface area contributed by atoms with Gasteiger partial charge < -0.3 is 0 Å². The molecule has 0 heterocycles. The molecule has 31 heavy (non-hydrogen) atoms. The van der Waals surface area contributed by atoms with Gasteiger partial charge in [0.1, 0.15) is 0 Å². The summed E-state index contributed by atoms with van der Waals surface area (Å²) in [7, 11) is 10.7. The number of hydrogen-bond acceptors (Lipinski definition) is 0. The zero-order valence-electron chi connectivity index (χ0n) is 19.4. The van der Waals surface area contributed by atoms with Crippen molar-refractivity contribution in [2.75, 3.05) is 0 Å². The van der Waals surface area contributed by atoms with E-state index in [1.165, 1.54) is 69.5 Å². The summed E-state index contributed by atoms with van der Waals surface area (Å²) in [6.07, 6.45) is 4.84. The van der Waals surface area contributed by atoms with E-state index in [4.69, 9.17) is 18.6 Å². The molecule has 0 atom stereocenters. The molecule has 0 amide bonds. The van der Waals surface area contributed by atoms with E-state index in [1.54, 1.807) is 0 Å². The Hall–Kier alpha value is -1.18. The van der Waals surface area contributed by atoms with Crippen LogP contribution in [-0.4, -0.2) is 4.31 Å². The molecule has 166 valence electrons. The molecule has 0 spiro atoms. The topological polar surface area (TPSA) is 0 Å². The Morgan fingerprint density at radius 1 is 0.774 bits per heavy atom. The maximum absolute atomic E-state index is 5.34. The van der Waals surface area contributed by atoms with Gasteiger partial charge in [-0.2, -0.15) is 12.1 Å². The van der Waals surface area contributed by atoms with Crippen LogP contribution in [0.1, 0.15) is 55.9 Å². The van der Waals surface area contributed by atoms with E-state index in [9.17, 15) is 0 Å². The van der Waals surface area contributed by atoms with E-state index in [1.807, 2.05) is 11.2 Å². The summed E-state index contributed by atoms with van der Waals surface area (Å²) in [5, 5.41) is 5.68. The molecule has 0 bridgehead atoms. The molecule has 0 saturated heterocycles. The van der Waals surface area contributed by atoms with Crippen LogP contribution in [0.5, 0.6) is 0 Å². The van der Waals surface area contributed by atoms with Crippen molar-refractivity contribution in [1.82, 2.24) is 0 Å². The Kier molecular flexibility index (Phi) is 11.3. The second-order valence-electron chi connectivity index (χ2n) is 7.98. The van der Waals surface area contributed by atoms with Gasteiger partial charge in [-0.1, -0.05) is 63.8 Å². The van der Waals surface area contributed by atoms with E-state index in [-0.39, 0.29) is 0 Å². The zero-order valence-corrected chi connectivity index (χ0v) is 22.5. The van der Waals surface area contributed by atoms with Crippen molar-refractivity contribution in [3.8, 4) is 0 Å². The van der Waals surface area contributed by atoms with Gasteiger partial charge in [0.25, 0.3) is 0 Å². The molecule has 4 aromatic rings. The molecule has 0 unspecified atom stereocenters. The van der Waals surface area contributed by atoms with Crippen molar-refractivity contribution in [3.05, 3.63) is 82.9 Å². The number of rotatable bonds is 4. The molecule has 0 fully saturated rings. The average molecular weight is 489 g/mol. The van der Waals surface area contributed by atoms with Crippen LogP contribution in [0.3, 0.4) is 0 Å². The third kappa shape index (κ3) is 8.03. The molecule has 4 aromatic carbocycles. The maximum atomic E-state index is 5.34. The summed E-state index contributed by atoms with van der Waals surface area (Å²) >= 11 is -1.54. The Bertz CT molecular complexity index is 1030. The zero-order chi connectivity index (χ0) is 22.8. The molecule has 4 rings (SSSR count). The standard InChI is InChI=1S/2C13H15.C2H4.2ClH.Ti/c2*1-3-5-11-6-4-7-12-8-10(2)9-13(11)12;1-2;;;/h2*4,6-9H,3,5H2,1-2H3;1H,2H3;2*1H;/q2*-1;;;;+2/p-2. The molecule has 0 aliphatic rings. The Labute approximate surface area is 202 Å². The summed E-state index contributed by atoms with van der Waals surface area (Å²) in [5.41, 5.74) is 5.73. The fourth-order valence-corrected chi connectivity index (χ4v) is 3.87. The summed E-state index contributed by atoms with van der Waals surface area (Å²) < 4.78 is 1.86. The van der Waals surface area contributed by atoms with E-state index < -0.39 is 15.3 Å². The minimum atomic E-state index is -1.54. The molecular formula is C28H34Cl2Ti-2. The van der Waals surface area contributed by atoms with Crippen LogP contribution in [0.25, 0.3) is 21.5 Å². The first-order valence-corrected chi connectivity index (χ1v) is 16.4. The van der Waals surface area contributed by atoms with Crippen LogP contribution in [0.15, 0.2) is 60.7 Å². The van der Waals surface area contributed by atoms with Gasteiger partial charge in [-0.3, -0.25) is 0 Å². The molecule has 0 aliphatic carbocycles. The Morgan fingerprint density at radius 2 is 1.16 bits per heavy atom. The van der Waals surface area contributed by atoms with Crippen molar-refractivity contribution in [3.63, 3.8) is 0 Å². The Morgan fingerprint density at radius 3 is 1.48 bits per heavy atom. The molecule has 0 aromatic heterocycles. The molecule has 0 nitrogen and oxygen atoms in total. The van der Waals surface area contributed by atoms with Crippen LogP contribution < -0.4 is 0 Å². The van der Waals surface area contributed by atoms with Gasteiger partial charge in [0.05, 0.1) is 0 Å². The number of benzene rings is 2. The van der Waals surface area contributed by atoms with E-state index in [0.29, 0.717) is 0 Å². The third-order valence-corrected chi connectivity index (χ3v) is 7.71. The fourth-order valence-electron chi connectivity index (χ4n) is 3.87. The summed E-state index contributed by atoms with van der Waals surface area (Å²) in [5.74, 6) is 0. The quantitative estimate of drug-likeness (QED) is 0.198. The fraction of sp³-hybridized carbons (Fsp3) is 0.321. The number of aryl methyl sites for hydroxylation is 4. The molecule has 0 saturated carbocycles. The molecule has 0 radical (unpaired) electrons. The van der Waals surface area contributed by atoms with Crippen LogP contribution in [0.4, 0.5) is 0 Å². The van der Waals surface area contributed by atoms with Gasteiger partial charge in [-0.25, -0.2) is 0 Å². The summed E-state index contributed by atoms with van der Waals surface area (Å²) in [6.45, 7) is 10.7. The van der Waals surface area contributed by atoms with Gasteiger partial charge in [-0.05, 0) is 12.8 Å². The van der Waals surface area contributed by atoms with Gasteiger partial charge >= 0.3 is 45.1 Å². The first-order valence-electron chi connectivity index (χ1n) is 11.2. The van der Waals surface area contributed by atoms with Gasteiger partial charge in [-0.15, -0.1) is 69.1 Å².